The number of carbonyl (C=O) groups excluding carboxylic acids is 1. The zero-order valence-electron chi connectivity index (χ0n) is 10.7. The molecule has 1 amide bonds. The molecular weight excluding hydrogens is 260 g/mol. The largest absolute Gasteiger partial charge is 0.333 e. The van der Waals surface area contributed by atoms with Crippen molar-refractivity contribution in [1.82, 2.24) is 9.88 Å². The molecule has 0 unspecified atom stereocenters. The Kier molecular flexibility index (Phi) is 4.53. The predicted octanol–water partition coefficient (Wildman–Crippen LogP) is 3.40. The normalized spacial score (nSPS) is 10.2. The van der Waals surface area contributed by atoms with Crippen molar-refractivity contribution in [3.63, 3.8) is 0 Å². The van der Waals surface area contributed by atoms with Crippen LogP contribution >= 0.6 is 11.6 Å². The summed E-state index contributed by atoms with van der Waals surface area (Å²) in [4.78, 5) is 18.1. The van der Waals surface area contributed by atoms with E-state index in [-0.39, 0.29) is 5.91 Å². The Morgan fingerprint density at radius 3 is 2.53 bits per heavy atom. The molecule has 0 radical (unpaired) electrons. The van der Waals surface area contributed by atoms with Gasteiger partial charge in [-0.3, -0.25) is 4.79 Å². The molecule has 0 bridgehead atoms. The van der Waals surface area contributed by atoms with Gasteiger partial charge in [-0.05, 0) is 24.6 Å². The van der Waals surface area contributed by atoms with Crippen molar-refractivity contribution >= 4 is 17.5 Å². The van der Waals surface area contributed by atoms with Gasteiger partial charge in [-0.2, -0.15) is 0 Å². The lowest BCUT2D eigenvalue weighted by Crippen LogP contribution is -2.30. The van der Waals surface area contributed by atoms with E-state index in [0.29, 0.717) is 23.9 Å². The monoisotopic (exact) mass is 274 g/mol. The minimum absolute atomic E-state index is 0.103. The third-order valence-corrected chi connectivity index (χ3v) is 3.03. The van der Waals surface area contributed by atoms with Crippen LogP contribution in [0.25, 0.3) is 0 Å². The Labute approximate surface area is 117 Å². The highest BCUT2D eigenvalue weighted by Gasteiger charge is 2.15. The Morgan fingerprint density at radius 1 is 1.16 bits per heavy atom. The molecule has 2 aromatic rings. The number of aromatic nitrogens is 1. The van der Waals surface area contributed by atoms with E-state index in [1.54, 1.807) is 23.1 Å². The first-order valence-electron chi connectivity index (χ1n) is 6.16. The fourth-order valence-corrected chi connectivity index (χ4v) is 1.98. The third-order valence-electron chi connectivity index (χ3n) is 2.82. The second-order valence-corrected chi connectivity index (χ2v) is 4.54. The number of benzene rings is 1. The van der Waals surface area contributed by atoms with Gasteiger partial charge in [0.25, 0.3) is 5.91 Å². The SMILES string of the molecule is CCN(Cc1ccccc1)C(=O)c1cccc(Cl)n1. The number of halogens is 1. The summed E-state index contributed by atoms with van der Waals surface area (Å²) in [5.74, 6) is -0.103. The topological polar surface area (TPSA) is 33.2 Å². The van der Waals surface area contributed by atoms with Crippen molar-refractivity contribution in [2.24, 2.45) is 0 Å². The van der Waals surface area contributed by atoms with Crippen LogP contribution in [0.15, 0.2) is 48.5 Å². The van der Waals surface area contributed by atoms with E-state index in [4.69, 9.17) is 11.6 Å². The molecule has 1 aromatic heterocycles. The Morgan fingerprint density at radius 2 is 1.89 bits per heavy atom. The van der Waals surface area contributed by atoms with Gasteiger partial charge >= 0.3 is 0 Å². The summed E-state index contributed by atoms with van der Waals surface area (Å²) < 4.78 is 0. The molecule has 0 fully saturated rings. The van der Waals surface area contributed by atoms with Gasteiger partial charge in [0.1, 0.15) is 10.8 Å². The first kappa shape index (κ1) is 13.6. The zero-order valence-corrected chi connectivity index (χ0v) is 11.5. The maximum atomic E-state index is 12.3. The van der Waals surface area contributed by atoms with Crippen LogP contribution in [0.1, 0.15) is 23.0 Å². The van der Waals surface area contributed by atoms with E-state index in [9.17, 15) is 4.79 Å². The molecule has 0 spiro atoms. The number of nitrogens with zero attached hydrogens (tertiary/aromatic N) is 2. The van der Waals surface area contributed by atoms with Crippen LogP contribution in [0.5, 0.6) is 0 Å². The molecule has 1 aromatic carbocycles. The number of carbonyl (C=O) groups is 1. The molecular formula is C15H15ClN2O. The lowest BCUT2D eigenvalue weighted by atomic mass is 10.2. The average Bonchev–Trinajstić information content (AvgIpc) is 2.45. The molecule has 1 heterocycles. The van der Waals surface area contributed by atoms with Gasteiger partial charge in [-0.15, -0.1) is 0 Å². The van der Waals surface area contributed by atoms with Crippen LogP contribution in [0, 0.1) is 0 Å². The maximum Gasteiger partial charge on any atom is 0.272 e. The van der Waals surface area contributed by atoms with Gasteiger partial charge in [0.2, 0.25) is 0 Å². The highest BCUT2D eigenvalue weighted by atomic mass is 35.5. The fraction of sp³-hybridized carbons (Fsp3) is 0.200. The molecule has 0 atom stereocenters. The third kappa shape index (κ3) is 3.55. The molecule has 98 valence electrons. The van der Waals surface area contributed by atoms with Crippen LogP contribution < -0.4 is 0 Å². The van der Waals surface area contributed by atoms with Crippen LogP contribution in [0.3, 0.4) is 0 Å². The molecule has 4 heteroatoms. The number of rotatable bonds is 4. The zero-order chi connectivity index (χ0) is 13.7. The number of amides is 1. The molecule has 0 aliphatic carbocycles. The summed E-state index contributed by atoms with van der Waals surface area (Å²) in [6.45, 7) is 3.15. The minimum atomic E-state index is -0.103. The van der Waals surface area contributed by atoms with Gasteiger partial charge in [0.15, 0.2) is 0 Å². The summed E-state index contributed by atoms with van der Waals surface area (Å²) >= 11 is 5.82. The van der Waals surface area contributed by atoms with Gasteiger partial charge in [-0.25, -0.2) is 4.98 Å². The Hall–Kier alpha value is -1.87. The molecule has 19 heavy (non-hydrogen) atoms. The first-order valence-corrected chi connectivity index (χ1v) is 6.54. The van der Waals surface area contributed by atoms with E-state index in [0.717, 1.165) is 5.56 Å². The molecule has 0 aliphatic rings. The quantitative estimate of drug-likeness (QED) is 0.801. The van der Waals surface area contributed by atoms with Gasteiger partial charge in [-0.1, -0.05) is 48.0 Å². The van der Waals surface area contributed by atoms with Crippen molar-refractivity contribution in [3.8, 4) is 0 Å². The van der Waals surface area contributed by atoms with Gasteiger partial charge < -0.3 is 4.90 Å². The van der Waals surface area contributed by atoms with Crippen LogP contribution in [0.2, 0.25) is 5.15 Å². The minimum Gasteiger partial charge on any atom is -0.333 e. The Bertz CT molecular complexity index is 557. The van der Waals surface area contributed by atoms with Gasteiger partial charge in [0.05, 0.1) is 0 Å². The standard InChI is InChI=1S/C15H15ClN2O/c1-2-18(11-12-7-4-3-5-8-12)15(19)13-9-6-10-14(16)17-13/h3-10H,2,11H2,1H3. The van der Waals surface area contributed by atoms with Crippen molar-refractivity contribution in [1.29, 1.82) is 0 Å². The van der Waals surface area contributed by atoms with Crippen LogP contribution in [0.4, 0.5) is 0 Å². The molecule has 3 nitrogen and oxygen atoms in total. The Balaban J connectivity index is 2.16. The molecule has 0 aliphatic heterocycles. The molecule has 0 N–H and O–H groups in total. The predicted molar refractivity (Wildman–Crippen MR) is 76.1 cm³/mol. The van der Waals surface area contributed by atoms with E-state index >= 15 is 0 Å². The van der Waals surface area contributed by atoms with Gasteiger partial charge in [0, 0.05) is 13.1 Å². The lowest BCUT2D eigenvalue weighted by Gasteiger charge is -2.20. The number of pyridine rings is 1. The van der Waals surface area contributed by atoms with Crippen molar-refractivity contribution in [2.75, 3.05) is 6.54 Å². The highest BCUT2D eigenvalue weighted by Crippen LogP contribution is 2.11. The van der Waals surface area contributed by atoms with Crippen molar-refractivity contribution in [3.05, 3.63) is 64.9 Å². The smallest absolute Gasteiger partial charge is 0.272 e. The van der Waals surface area contributed by atoms with Crippen LogP contribution in [-0.4, -0.2) is 22.3 Å². The van der Waals surface area contributed by atoms with Crippen molar-refractivity contribution < 1.29 is 4.79 Å². The summed E-state index contributed by atoms with van der Waals surface area (Å²) in [7, 11) is 0. The van der Waals surface area contributed by atoms with E-state index < -0.39 is 0 Å². The maximum absolute atomic E-state index is 12.3. The van der Waals surface area contributed by atoms with Crippen molar-refractivity contribution in [2.45, 2.75) is 13.5 Å². The summed E-state index contributed by atoms with van der Waals surface area (Å²) in [6, 6.07) is 15.0. The van der Waals surface area contributed by atoms with E-state index in [1.807, 2.05) is 37.3 Å². The number of hydrogen-bond donors (Lipinski definition) is 0. The highest BCUT2D eigenvalue weighted by molar-refractivity contribution is 6.29. The second kappa shape index (κ2) is 6.34. The van der Waals surface area contributed by atoms with E-state index in [2.05, 4.69) is 4.98 Å². The van der Waals surface area contributed by atoms with E-state index in [1.165, 1.54) is 0 Å². The molecule has 0 saturated heterocycles. The number of hydrogen-bond acceptors (Lipinski definition) is 2. The summed E-state index contributed by atoms with van der Waals surface area (Å²) in [5, 5.41) is 0.335. The summed E-state index contributed by atoms with van der Waals surface area (Å²) in [5.41, 5.74) is 1.48. The fourth-order valence-electron chi connectivity index (χ4n) is 1.82. The second-order valence-electron chi connectivity index (χ2n) is 4.15. The average molecular weight is 275 g/mol. The van der Waals surface area contributed by atoms with Crippen LogP contribution in [-0.2, 0) is 6.54 Å². The molecule has 2 rings (SSSR count). The first-order chi connectivity index (χ1) is 9.20. The molecule has 0 saturated carbocycles. The summed E-state index contributed by atoms with van der Waals surface area (Å²) in [6.07, 6.45) is 0. The lowest BCUT2D eigenvalue weighted by molar-refractivity contribution is 0.0746.